The second-order valence-corrected chi connectivity index (χ2v) is 2.98. The zero-order valence-electron chi connectivity index (χ0n) is 9.26. The van der Waals surface area contributed by atoms with Crippen molar-refractivity contribution in [1.29, 1.82) is 0 Å². The molecule has 0 saturated carbocycles. The summed E-state index contributed by atoms with van der Waals surface area (Å²) in [6.45, 7) is 0. The third-order valence-corrected chi connectivity index (χ3v) is 2.07. The molecule has 1 aromatic rings. The Bertz CT molecular complexity index is 406. The molecule has 0 aliphatic heterocycles. The summed E-state index contributed by atoms with van der Waals surface area (Å²) in [5.41, 5.74) is 0.826. The van der Waals surface area contributed by atoms with E-state index in [1.54, 1.807) is 6.07 Å². The maximum Gasteiger partial charge on any atom is 0.337 e. The van der Waals surface area contributed by atoms with Gasteiger partial charge in [0, 0.05) is 7.05 Å². The van der Waals surface area contributed by atoms with Crippen LogP contribution in [0.4, 0.5) is 5.69 Å². The van der Waals surface area contributed by atoms with Crippen LogP contribution in [0.25, 0.3) is 0 Å². The van der Waals surface area contributed by atoms with E-state index in [4.69, 9.17) is 4.74 Å². The number of methoxy groups -OCH3 is 2. The predicted octanol–water partition coefficient (Wildman–Crippen LogP) is 1.60. The average molecular weight is 224 g/mol. The van der Waals surface area contributed by atoms with Gasteiger partial charge in [-0.15, -0.1) is 4.91 Å². The normalized spacial score (nSPS) is 9.44. The molecule has 0 unspecified atom stereocenters. The van der Waals surface area contributed by atoms with Gasteiger partial charge in [-0.25, -0.2) is 9.80 Å². The molecule has 0 atom stereocenters. The quantitative estimate of drug-likeness (QED) is 0.441. The number of nitroso groups, excluding NO2 is 1. The number of esters is 1. The van der Waals surface area contributed by atoms with Crippen LogP contribution in [0.5, 0.6) is 5.75 Å². The largest absolute Gasteiger partial charge is 0.494 e. The molecule has 6 nitrogen and oxygen atoms in total. The molecule has 0 aromatic heterocycles. The third-order valence-electron chi connectivity index (χ3n) is 2.07. The first-order valence-electron chi connectivity index (χ1n) is 4.47. The smallest absolute Gasteiger partial charge is 0.337 e. The molecule has 1 rings (SSSR count). The van der Waals surface area contributed by atoms with E-state index in [0.29, 0.717) is 17.0 Å². The van der Waals surface area contributed by atoms with Gasteiger partial charge in [0.1, 0.15) is 11.4 Å². The Morgan fingerprint density at radius 2 is 2.06 bits per heavy atom. The molecule has 0 bridgehead atoms. The molecule has 86 valence electrons. The molecular formula is C10H12N2O4. The lowest BCUT2D eigenvalue weighted by molar-refractivity contribution is 0.0600. The molecule has 0 amide bonds. The fourth-order valence-corrected chi connectivity index (χ4v) is 1.23. The van der Waals surface area contributed by atoms with Crippen LogP contribution in [0.15, 0.2) is 23.5 Å². The van der Waals surface area contributed by atoms with Crippen molar-refractivity contribution in [3.63, 3.8) is 0 Å². The minimum Gasteiger partial charge on any atom is -0.494 e. The van der Waals surface area contributed by atoms with Crippen molar-refractivity contribution in [1.82, 2.24) is 0 Å². The van der Waals surface area contributed by atoms with E-state index in [9.17, 15) is 9.70 Å². The summed E-state index contributed by atoms with van der Waals surface area (Å²) in [4.78, 5) is 21.6. The Morgan fingerprint density at radius 1 is 1.38 bits per heavy atom. The topological polar surface area (TPSA) is 68.2 Å². The summed E-state index contributed by atoms with van der Waals surface area (Å²) in [5.74, 6) is -0.0865. The first-order valence-corrected chi connectivity index (χ1v) is 4.47. The number of carbonyl (C=O) groups is 1. The highest BCUT2D eigenvalue weighted by Gasteiger charge is 2.13. The Kier molecular flexibility index (Phi) is 3.82. The number of ether oxygens (including phenoxy) is 2. The summed E-state index contributed by atoms with van der Waals surface area (Å²) in [6.07, 6.45) is 0. The molecule has 0 spiro atoms. The van der Waals surface area contributed by atoms with E-state index in [1.807, 2.05) is 0 Å². The zero-order chi connectivity index (χ0) is 12.1. The van der Waals surface area contributed by atoms with E-state index >= 15 is 0 Å². The predicted molar refractivity (Wildman–Crippen MR) is 58.5 cm³/mol. The SMILES string of the molecule is COC(=O)c1ccc(N(C)N=O)c(OC)c1. The van der Waals surface area contributed by atoms with Crippen LogP contribution in [-0.2, 0) is 4.74 Å². The second kappa shape index (κ2) is 5.11. The highest BCUT2D eigenvalue weighted by atomic mass is 16.5. The van der Waals surface area contributed by atoms with Crippen LogP contribution < -0.4 is 9.75 Å². The van der Waals surface area contributed by atoms with Crippen molar-refractivity contribution in [3.8, 4) is 5.75 Å². The van der Waals surface area contributed by atoms with Crippen LogP contribution in [0.1, 0.15) is 10.4 Å². The molecule has 0 heterocycles. The van der Waals surface area contributed by atoms with Gasteiger partial charge in [-0.2, -0.15) is 0 Å². The Hall–Kier alpha value is -2.11. The van der Waals surface area contributed by atoms with Gasteiger partial charge in [0.15, 0.2) is 0 Å². The van der Waals surface area contributed by atoms with Crippen molar-refractivity contribution < 1.29 is 14.3 Å². The highest BCUT2D eigenvalue weighted by Crippen LogP contribution is 2.28. The summed E-state index contributed by atoms with van der Waals surface area (Å²) in [7, 11) is 4.23. The highest BCUT2D eigenvalue weighted by molar-refractivity contribution is 5.90. The molecule has 0 fully saturated rings. The Labute approximate surface area is 92.7 Å². The van der Waals surface area contributed by atoms with Crippen molar-refractivity contribution in [3.05, 3.63) is 28.7 Å². The van der Waals surface area contributed by atoms with E-state index in [2.05, 4.69) is 10.0 Å². The molecule has 1 aromatic carbocycles. The molecule has 16 heavy (non-hydrogen) atoms. The summed E-state index contributed by atoms with van der Waals surface area (Å²) < 4.78 is 9.62. The Morgan fingerprint density at radius 3 is 2.56 bits per heavy atom. The summed E-state index contributed by atoms with van der Waals surface area (Å²) in [5, 5.41) is 3.86. The fraction of sp³-hybridized carbons (Fsp3) is 0.300. The van der Waals surface area contributed by atoms with E-state index < -0.39 is 5.97 Å². The number of rotatable bonds is 4. The molecule has 0 N–H and O–H groups in total. The maximum absolute atomic E-state index is 11.3. The number of nitrogens with zero attached hydrogens (tertiary/aromatic N) is 2. The molecule has 0 aliphatic carbocycles. The van der Waals surface area contributed by atoms with Gasteiger partial charge in [0.2, 0.25) is 0 Å². The minimum absolute atomic E-state index is 0.349. The van der Waals surface area contributed by atoms with Crippen LogP contribution >= 0.6 is 0 Å². The lowest BCUT2D eigenvalue weighted by atomic mass is 10.2. The molecule has 6 heteroatoms. The van der Waals surface area contributed by atoms with Gasteiger partial charge < -0.3 is 9.47 Å². The van der Waals surface area contributed by atoms with Gasteiger partial charge in [-0.3, -0.25) is 0 Å². The summed E-state index contributed by atoms with van der Waals surface area (Å²) in [6, 6.07) is 4.58. The Balaban J connectivity index is 3.16. The van der Waals surface area contributed by atoms with Crippen LogP contribution in [-0.4, -0.2) is 27.2 Å². The average Bonchev–Trinajstić information content (AvgIpc) is 2.35. The van der Waals surface area contributed by atoms with Crippen molar-refractivity contribution in [2.75, 3.05) is 26.3 Å². The standard InChI is InChI=1S/C10H12N2O4/c1-12(11-14)8-5-4-7(10(13)16-3)6-9(8)15-2/h4-6H,1-3H3. The lowest BCUT2D eigenvalue weighted by Crippen LogP contribution is -2.09. The van der Waals surface area contributed by atoms with Crippen molar-refractivity contribution in [2.45, 2.75) is 0 Å². The number of hydrogen-bond acceptors (Lipinski definition) is 5. The second-order valence-electron chi connectivity index (χ2n) is 2.98. The molecule has 0 radical (unpaired) electrons. The fourth-order valence-electron chi connectivity index (χ4n) is 1.23. The van der Waals surface area contributed by atoms with Gasteiger partial charge in [0.05, 0.1) is 25.1 Å². The molecule has 0 aliphatic rings. The molecular weight excluding hydrogens is 212 g/mol. The van der Waals surface area contributed by atoms with E-state index in [1.165, 1.54) is 33.4 Å². The monoisotopic (exact) mass is 224 g/mol. The minimum atomic E-state index is -0.466. The van der Waals surface area contributed by atoms with Crippen LogP contribution in [0.2, 0.25) is 0 Å². The van der Waals surface area contributed by atoms with Crippen molar-refractivity contribution in [2.24, 2.45) is 5.29 Å². The number of anilines is 1. The first kappa shape index (κ1) is 12.0. The van der Waals surface area contributed by atoms with E-state index in [0.717, 1.165) is 5.01 Å². The van der Waals surface area contributed by atoms with E-state index in [-0.39, 0.29) is 0 Å². The third kappa shape index (κ3) is 2.28. The van der Waals surface area contributed by atoms with Crippen molar-refractivity contribution >= 4 is 11.7 Å². The number of carbonyl (C=O) groups excluding carboxylic acids is 1. The number of benzene rings is 1. The summed E-state index contributed by atoms with van der Waals surface area (Å²) >= 11 is 0. The van der Waals surface area contributed by atoms with Gasteiger partial charge in [-0.1, -0.05) is 0 Å². The van der Waals surface area contributed by atoms with Gasteiger partial charge in [-0.05, 0) is 18.2 Å². The van der Waals surface area contributed by atoms with Crippen LogP contribution in [0, 0.1) is 4.91 Å². The lowest BCUT2D eigenvalue weighted by Gasteiger charge is -2.13. The maximum atomic E-state index is 11.3. The van der Waals surface area contributed by atoms with Crippen LogP contribution in [0.3, 0.4) is 0 Å². The molecule has 0 saturated heterocycles. The van der Waals surface area contributed by atoms with Gasteiger partial charge in [0.25, 0.3) is 0 Å². The first-order chi connectivity index (χ1) is 7.63. The zero-order valence-corrected chi connectivity index (χ0v) is 9.26. The van der Waals surface area contributed by atoms with Gasteiger partial charge >= 0.3 is 5.97 Å². The number of hydrogen-bond donors (Lipinski definition) is 0.